The van der Waals surface area contributed by atoms with Gasteiger partial charge >= 0.3 is 5.97 Å². The molecule has 0 bridgehead atoms. The zero-order chi connectivity index (χ0) is 18.8. The summed E-state index contributed by atoms with van der Waals surface area (Å²) in [6, 6.07) is 5.09. The number of likely N-dealkylation sites (N-methyl/N-ethyl adjacent to an activating group) is 1. The van der Waals surface area contributed by atoms with Crippen LogP contribution in [-0.4, -0.2) is 38.0 Å². The third kappa shape index (κ3) is 3.50. The third-order valence-corrected chi connectivity index (χ3v) is 4.20. The third-order valence-electron chi connectivity index (χ3n) is 4.20. The molecule has 0 saturated heterocycles. The van der Waals surface area contributed by atoms with Crippen molar-refractivity contribution in [2.75, 3.05) is 7.05 Å². The Bertz CT molecular complexity index is 897. The van der Waals surface area contributed by atoms with Crippen molar-refractivity contribution in [3.63, 3.8) is 0 Å². The fraction of sp³-hybridized carbons (Fsp3) is 0.278. The molecule has 0 aliphatic heterocycles. The minimum atomic E-state index is -0.979. The van der Waals surface area contributed by atoms with Gasteiger partial charge in [-0.25, -0.2) is 9.07 Å². The molecule has 1 atom stereocenters. The van der Waals surface area contributed by atoms with Gasteiger partial charge in [0, 0.05) is 23.9 Å². The normalized spacial score (nSPS) is 12.5. The number of hydrogen-bond donors (Lipinski definition) is 1. The lowest BCUT2D eigenvalue weighted by Gasteiger charge is -2.24. The molecule has 0 aliphatic carbocycles. The molecule has 1 aromatic carbocycles. The standard InChI is InChI=1S/C18H19FN4O3/c1-11-16(12(2)26-21-11)17(18(24)25)22(3)9-13-8-20-23(10-13)15-6-4-14(19)5-7-15/h4-8,10,17H,9H2,1-3H3,(H,24,25). The second kappa shape index (κ2) is 7.09. The molecule has 3 rings (SSSR count). The minimum Gasteiger partial charge on any atom is -0.480 e. The smallest absolute Gasteiger partial charge is 0.325 e. The highest BCUT2D eigenvalue weighted by Crippen LogP contribution is 2.27. The lowest BCUT2D eigenvalue weighted by Crippen LogP contribution is -2.31. The van der Waals surface area contributed by atoms with E-state index < -0.39 is 12.0 Å². The number of rotatable bonds is 6. The first-order chi connectivity index (χ1) is 12.4. The predicted molar refractivity (Wildman–Crippen MR) is 91.3 cm³/mol. The highest BCUT2D eigenvalue weighted by atomic mass is 19.1. The van der Waals surface area contributed by atoms with Gasteiger partial charge in [0.05, 0.1) is 17.6 Å². The Kier molecular flexibility index (Phi) is 4.85. The van der Waals surface area contributed by atoms with E-state index in [1.807, 2.05) is 0 Å². The molecule has 0 spiro atoms. The number of aliphatic carboxylic acids is 1. The van der Waals surface area contributed by atoms with Gasteiger partial charge in [0.2, 0.25) is 0 Å². The molecule has 0 aliphatic rings. The Morgan fingerprint density at radius 2 is 2.04 bits per heavy atom. The molecule has 0 fully saturated rings. The van der Waals surface area contributed by atoms with Gasteiger partial charge < -0.3 is 9.63 Å². The Morgan fingerprint density at radius 3 is 2.62 bits per heavy atom. The molecule has 2 aromatic heterocycles. The maximum Gasteiger partial charge on any atom is 0.325 e. The van der Waals surface area contributed by atoms with Crippen LogP contribution in [0.25, 0.3) is 5.69 Å². The number of hydrogen-bond acceptors (Lipinski definition) is 5. The van der Waals surface area contributed by atoms with Crippen molar-refractivity contribution in [1.82, 2.24) is 19.8 Å². The zero-order valence-electron chi connectivity index (χ0n) is 14.7. The molecule has 8 heteroatoms. The van der Waals surface area contributed by atoms with Crippen LogP contribution in [0.2, 0.25) is 0 Å². The summed E-state index contributed by atoms with van der Waals surface area (Å²) < 4.78 is 19.8. The van der Waals surface area contributed by atoms with Crippen LogP contribution in [0.1, 0.15) is 28.6 Å². The maximum atomic E-state index is 13.0. The van der Waals surface area contributed by atoms with Crippen LogP contribution in [0, 0.1) is 19.7 Å². The summed E-state index contributed by atoms with van der Waals surface area (Å²) in [6.45, 7) is 3.79. The molecular formula is C18H19FN4O3. The number of carboxylic acid groups (broad SMARTS) is 1. The van der Waals surface area contributed by atoms with Crippen LogP contribution < -0.4 is 0 Å². The quantitative estimate of drug-likeness (QED) is 0.729. The molecule has 0 amide bonds. The van der Waals surface area contributed by atoms with E-state index in [1.165, 1.54) is 12.1 Å². The number of aryl methyl sites for hydroxylation is 2. The number of carbonyl (C=O) groups is 1. The van der Waals surface area contributed by atoms with Gasteiger partial charge in [0.1, 0.15) is 17.6 Å². The predicted octanol–water partition coefficient (Wildman–Crippen LogP) is 2.87. The maximum absolute atomic E-state index is 13.0. The SMILES string of the molecule is Cc1noc(C)c1C(C(=O)O)N(C)Cc1cnn(-c2ccc(F)cc2)c1. The lowest BCUT2D eigenvalue weighted by molar-refractivity contribution is -0.143. The Balaban J connectivity index is 1.81. The topological polar surface area (TPSA) is 84.4 Å². The fourth-order valence-electron chi connectivity index (χ4n) is 2.97. The van der Waals surface area contributed by atoms with E-state index in [9.17, 15) is 14.3 Å². The van der Waals surface area contributed by atoms with Gasteiger partial charge in [-0.05, 0) is 45.2 Å². The molecule has 2 heterocycles. The summed E-state index contributed by atoms with van der Waals surface area (Å²) in [5.74, 6) is -0.804. The van der Waals surface area contributed by atoms with E-state index in [4.69, 9.17) is 4.52 Å². The molecule has 1 N–H and O–H groups in total. The first-order valence-electron chi connectivity index (χ1n) is 8.02. The van der Waals surface area contributed by atoms with Crippen molar-refractivity contribution >= 4 is 5.97 Å². The molecule has 7 nitrogen and oxygen atoms in total. The Morgan fingerprint density at radius 1 is 1.35 bits per heavy atom. The highest BCUT2D eigenvalue weighted by molar-refractivity contribution is 5.76. The summed E-state index contributed by atoms with van der Waals surface area (Å²) in [5.41, 5.74) is 2.67. The van der Waals surface area contributed by atoms with Crippen molar-refractivity contribution in [1.29, 1.82) is 0 Å². The van der Waals surface area contributed by atoms with Crippen LogP contribution in [0.15, 0.2) is 41.2 Å². The van der Waals surface area contributed by atoms with Gasteiger partial charge in [-0.2, -0.15) is 5.10 Å². The van der Waals surface area contributed by atoms with Crippen molar-refractivity contribution in [3.05, 3.63) is 65.1 Å². The van der Waals surface area contributed by atoms with Crippen molar-refractivity contribution in [2.45, 2.75) is 26.4 Å². The second-order valence-electron chi connectivity index (χ2n) is 6.16. The highest BCUT2D eigenvalue weighted by Gasteiger charge is 2.30. The Hall–Kier alpha value is -3.00. The molecule has 1 unspecified atom stereocenters. The zero-order valence-corrected chi connectivity index (χ0v) is 14.7. The average molecular weight is 358 g/mol. The minimum absolute atomic E-state index is 0.315. The van der Waals surface area contributed by atoms with Crippen LogP contribution in [0.4, 0.5) is 4.39 Å². The van der Waals surface area contributed by atoms with Gasteiger partial charge in [-0.1, -0.05) is 5.16 Å². The summed E-state index contributed by atoms with van der Waals surface area (Å²) in [5, 5.41) is 17.8. The molecule has 136 valence electrons. The molecule has 0 saturated carbocycles. The molecular weight excluding hydrogens is 339 g/mol. The number of aromatic nitrogens is 3. The van der Waals surface area contributed by atoms with E-state index in [2.05, 4.69) is 10.3 Å². The van der Waals surface area contributed by atoms with Crippen LogP contribution >= 0.6 is 0 Å². The monoisotopic (exact) mass is 358 g/mol. The molecule has 3 aromatic rings. The van der Waals surface area contributed by atoms with Crippen LogP contribution in [0.5, 0.6) is 0 Å². The Labute approximate surface area is 149 Å². The van der Waals surface area contributed by atoms with Gasteiger partial charge in [-0.3, -0.25) is 9.69 Å². The van der Waals surface area contributed by atoms with Crippen LogP contribution in [-0.2, 0) is 11.3 Å². The summed E-state index contributed by atoms with van der Waals surface area (Å²) in [6.07, 6.45) is 3.45. The van der Waals surface area contributed by atoms with Crippen molar-refractivity contribution in [3.8, 4) is 5.69 Å². The average Bonchev–Trinajstić information content (AvgIpc) is 3.17. The summed E-state index contributed by atoms with van der Waals surface area (Å²) in [7, 11) is 1.72. The van der Waals surface area contributed by atoms with Gasteiger partial charge in [0.15, 0.2) is 0 Å². The summed E-state index contributed by atoms with van der Waals surface area (Å²) in [4.78, 5) is 13.5. The number of halogens is 1. The van der Waals surface area contributed by atoms with E-state index in [0.717, 1.165) is 11.3 Å². The van der Waals surface area contributed by atoms with Crippen LogP contribution in [0.3, 0.4) is 0 Å². The molecule has 26 heavy (non-hydrogen) atoms. The van der Waals surface area contributed by atoms with E-state index in [0.29, 0.717) is 23.6 Å². The number of benzene rings is 1. The van der Waals surface area contributed by atoms with E-state index >= 15 is 0 Å². The van der Waals surface area contributed by atoms with Gasteiger partial charge in [0.25, 0.3) is 0 Å². The number of nitrogens with zero attached hydrogens (tertiary/aromatic N) is 4. The first-order valence-corrected chi connectivity index (χ1v) is 8.02. The first kappa shape index (κ1) is 17.8. The largest absolute Gasteiger partial charge is 0.480 e. The molecule has 0 radical (unpaired) electrons. The lowest BCUT2D eigenvalue weighted by atomic mass is 10.0. The van der Waals surface area contributed by atoms with Crippen molar-refractivity contribution < 1.29 is 18.8 Å². The second-order valence-corrected chi connectivity index (χ2v) is 6.16. The van der Waals surface area contributed by atoms with Crippen molar-refractivity contribution in [2.24, 2.45) is 0 Å². The van der Waals surface area contributed by atoms with Gasteiger partial charge in [-0.15, -0.1) is 0 Å². The van der Waals surface area contributed by atoms with E-state index in [-0.39, 0.29) is 5.82 Å². The fourth-order valence-corrected chi connectivity index (χ4v) is 2.97. The number of carboxylic acids is 1. The van der Waals surface area contributed by atoms with E-state index in [1.54, 1.807) is 55.0 Å². The summed E-state index contributed by atoms with van der Waals surface area (Å²) >= 11 is 0.